The fraction of sp³-hybridized carbons (Fsp3) is 0.312. The quantitative estimate of drug-likeness (QED) is 0.816. The molecular weight excluding hydrogens is 285 g/mol. The summed E-state index contributed by atoms with van der Waals surface area (Å²) in [6.07, 6.45) is 1.94. The van der Waals surface area contributed by atoms with E-state index in [1.807, 2.05) is 6.07 Å². The van der Waals surface area contributed by atoms with Crippen LogP contribution in [-0.2, 0) is 4.74 Å². The molecule has 0 bridgehead atoms. The summed E-state index contributed by atoms with van der Waals surface area (Å²) in [5.74, 6) is -0.0713. The SMILES string of the molecule is COC(=O)c1ccc(N2CCC[C@H]2c2cccc(F)c2)nn1. The highest BCUT2D eigenvalue weighted by Gasteiger charge is 2.27. The lowest BCUT2D eigenvalue weighted by Crippen LogP contribution is -2.24. The number of ether oxygens (including phenoxy) is 1. The number of halogens is 1. The number of hydrogen-bond acceptors (Lipinski definition) is 5. The molecule has 0 N–H and O–H groups in total. The Kier molecular flexibility index (Phi) is 4.00. The average molecular weight is 301 g/mol. The second-order valence-corrected chi connectivity index (χ2v) is 5.17. The second-order valence-electron chi connectivity index (χ2n) is 5.17. The van der Waals surface area contributed by atoms with Crippen molar-refractivity contribution >= 4 is 11.8 Å². The molecular formula is C16H16FN3O2. The van der Waals surface area contributed by atoms with E-state index in [0.717, 1.165) is 24.9 Å². The molecule has 1 aliphatic heterocycles. The Hall–Kier alpha value is -2.50. The van der Waals surface area contributed by atoms with Gasteiger partial charge in [-0.05, 0) is 42.7 Å². The lowest BCUT2D eigenvalue weighted by Gasteiger charge is -2.25. The fourth-order valence-corrected chi connectivity index (χ4v) is 2.79. The summed E-state index contributed by atoms with van der Waals surface area (Å²) in [6, 6.07) is 10.0. The molecule has 1 aromatic heterocycles. The third-order valence-corrected chi connectivity index (χ3v) is 3.83. The van der Waals surface area contributed by atoms with Crippen molar-refractivity contribution in [1.29, 1.82) is 0 Å². The Bertz CT molecular complexity index is 675. The van der Waals surface area contributed by atoms with Gasteiger partial charge in [0.1, 0.15) is 5.82 Å². The van der Waals surface area contributed by atoms with Crippen LogP contribution in [0.3, 0.4) is 0 Å². The van der Waals surface area contributed by atoms with Crippen molar-refractivity contribution in [1.82, 2.24) is 10.2 Å². The van der Waals surface area contributed by atoms with Gasteiger partial charge >= 0.3 is 5.97 Å². The molecule has 2 heterocycles. The van der Waals surface area contributed by atoms with Crippen molar-refractivity contribution in [3.8, 4) is 0 Å². The third kappa shape index (κ3) is 2.77. The second kappa shape index (κ2) is 6.09. The summed E-state index contributed by atoms with van der Waals surface area (Å²) in [5, 5.41) is 8.01. The molecule has 114 valence electrons. The maximum Gasteiger partial charge on any atom is 0.358 e. The van der Waals surface area contributed by atoms with Crippen LogP contribution in [0, 0.1) is 5.82 Å². The Labute approximate surface area is 127 Å². The van der Waals surface area contributed by atoms with E-state index in [2.05, 4.69) is 19.8 Å². The van der Waals surface area contributed by atoms with Crippen LogP contribution in [0.5, 0.6) is 0 Å². The van der Waals surface area contributed by atoms with Crippen LogP contribution in [0.4, 0.5) is 10.2 Å². The maximum absolute atomic E-state index is 13.4. The van der Waals surface area contributed by atoms with Crippen LogP contribution in [0.2, 0.25) is 0 Å². The molecule has 1 aliphatic rings. The number of hydrogen-bond donors (Lipinski definition) is 0. The zero-order valence-electron chi connectivity index (χ0n) is 12.2. The molecule has 0 unspecified atom stereocenters. The number of methoxy groups -OCH3 is 1. The zero-order chi connectivity index (χ0) is 15.5. The molecule has 0 aliphatic carbocycles. The Morgan fingerprint density at radius 2 is 2.18 bits per heavy atom. The van der Waals surface area contributed by atoms with Gasteiger partial charge in [0, 0.05) is 6.54 Å². The summed E-state index contributed by atoms with van der Waals surface area (Å²) in [5.41, 5.74) is 1.10. The summed E-state index contributed by atoms with van der Waals surface area (Å²) < 4.78 is 18.0. The lowest BCUT2D eigenvalue weighted by atomic mass is 10.0. The lowest BCUT2D eigenvalue weighted by molar-refractivity contribution is 0.0592. The zero-order valence-corrected chi connectivity index (χ0v) is 12.2. The molecule has 1 fully saturated rings. The molecule has 1 aromatic carbocycles. The highest BCUT2D eigenvalue weighted by molar-refractivity contribution is 5.87. The third-order valence-electron chi connectivity index (χ3n) is 3.83. The summed E-state index contributed by atoms with van der Waals surface area (Å²) in [6.45, 7) is 0.827. The van der Waals surface area contributed by atoms with Crippen molar-refractivity contribution in [3.05, 3.63) is 53.5 Å². The Morgan fingerprint density at radius 3 is 2.86 bits per heavy atom. The normalized spacial score (nSPS) is 17.5. The first kappa shape index (κ1) is 14.4. The van der Waals surface area contributed by atoms with Crippen LogP contribution in [0.15, 0.2) is 36.4 Å². The molecule has 3 rings (SSSR count). The van der Waals surface area contributed by atoms with E-state index in [1.54, 1.807) is 24.3 Å². The number of carbonyl (C=O) groups excluding carboxylic acids is 1. The van der Waals surface area contributed by atoms with Gasteiger partial charge in [0.25, 0.3) is 0 Å². The number of nitrogens with zero attached hydrogens (tertiary/aromatic N) is 3. The van der Waals surface area contributed by atoms with Gasteiger partial charge in [0.05, 0.1) is 13.2 Å². The van der Waals surface area contributed by atoms with E-state index < -0.39 is 5.97 Å². The van der Waals surface area contributed by atoms with Gasteiger partial charge in [-0.15, -0.1) is 10.2 Å². The number of benzene rings is 1. The number of rotatable bonds is 3. The molecule has 5 nitrogen and oxygen atoms in total. The molecule has 22 heavy (non-hydrogen) atoms. The predicted octanol–water partition coefficient (Wildman–Crippen LogP) is 2.74. The van der Waals surface area contributed by atoms with E-state index in [4.69, 9.17) is 0 Å². The Morgan fingerprint density at radius 1 is 1.32 bits per heavy atom. The number of anilines is 1. The van der Waals surface area contributed by atoms with E-state index >= 15 is 0 Å². The molecule has 0 spiro atoms. The minimum Gasteiger partial charge on any atom is -0.464 e. The molecule has 0 saturated carbocycles. The molecule has 0 amide bonds. The molecule has 1 atom stereocenters. The average Bonchev–Trinajstić information content (AvgIpc) is 3.04. The molecule has 6 heteroatoms. The van der Waals surface area contributed by atoms with Gasteiger partial charge in [-0.3, -0.25) is 0 Å². The highest BCUT2D eigenvalue weighted by Crippen LogP contribution is 2.35. The van der Waals surface area contributed by atoms with Crippen molar-refractivity contribution in [3.63, 3.8) is 0 Å². The first-order valence-electron chi connectivity index (χ1n) is 7.13. The fourth-order valence-electron chi connectivity index (χ4n) is 2.79. The number of aromatic nitrogens is 2. The number of esters is 1. The summed E-state index contributed by atoms with van der Waals surface area (Å²) in [4.78, 5) is 13.5. The van der Waals surface area contributed by atoms with Crippen LogP contribution < -0.4 is 4.90 Å². The van der Waals surface area contributed by atoms with Crippen molar-refractivity contribution in [2.24, 2.45) is 0 Å². The summed E-state index contributed by atoms with van der Waals surface area (Å²) in [7, 11) is 1.30. The van der Waals surface area contributed by atoms with Crippen LogP contribution in [0.25, 0.3) is 0 Å². The van der Waals surface area contributed by atoms with E-state index in [1.165, 1.54) is 13.2 Å². The Balaban J connectivity index is 1.85. The van der Waals surface area contributed by atoms with E-state index in [-0.39, 0.29) is 17.6 Å². The monoisotopic (exact) mass is 301 g/mol. The van der Waals surface area contributed by atoms with Crippen molar-refractivity contribution < 1.29 is 13.9 Å². The topological polar surface area (TPSA) is 55.3 Å². The summed E-state index contributed by atoms with van der Waals surface area (Å²) >= 11 is 0. The van der Waals surface area contributed by atoms with Gasteiger partial charge in [-0.25, -0.2) is 9.18 Å². The minimum absolute atomic E-state index is 0.0778. The molecule has 0 radical (unpaired) electrons. The van der Waals surface area contributed by atoms with Gasteiger partial charge in [-0.2, -0.15) is 0 Å². The maximum atomic E-state index is 13.4. The van der Waals surface area contributed by atoms with Crippen molar-refractivity contribution in [2.75, 3.05) is 18.6 Å². The smallest absolute Gasteiger partial charge is 0.358 e. The van der Waals surface area contributed by atoms with Gasteiger partial charge in [-0.1, -0.05) is 12.1 Å². The van der Waals surface area contributed by atoms with Crippen LogP contribution >= 0.6 is 0 Å². The first-order valence-corrected chi connectivity index (χ1v) is 7.13. The van der Waals surface area contributed by atoms with Crippen LogP contribution in [0.1, 0.15) is 34.9 Å². The van der Waals surface area contributed by atoms with Gasteiger partial charge in [0.15, 0.2) is 11.5 Å². The number of carbonyl (C=O) groups is 1. The van der Waals surface area contributed by atoms with Gasteiger partial charge < -0.3 is 9.64 Å². The van der Waals surface area contributed by atoms with E-state index in [0.29, 0.717) is 5.82 Å². The van der Waals surface area contributed by atoms with Gasteiger partial charge in [0.2, 0.25) is 0 Å². The predicted molar refractivity (Wildman–Crippen MR) is 79.1 cm³/mol. The molecule has 2 aromatic rings. The molecule has 1 saturated heterocycles. The van der Waals surface area contributed by atoms with E-state index in [9.17, 15) is 9.18 Å². The minimum atomic E-state index is -0.512. The highest BCUT2D eigenvalue weighted by atomic mass is 19.1. The van der Waals surface area contributed by atoms with Crippen LogP contribution in [-0.4, -0.2) is 29.8 Å². The standard InChI is InChI=1S/C16H16FN3O2/c1-22-16(21)13-7-8-15(19-18-13)20-9-3-6-14(20)11-4-2-5-12(17)10-11/h2,4-5,7-8,10,14H,3,6,9H2,1H3/t14-/m0/s1. The van der Waals surface area contributed by atoms with Crippen molar-refractivity contribution in [2.45, 2.75) is 18.9 Å². The first-order chi connectivity index (χ1) is 10.7. The largest absolute Gasteiger partial charge is 0.464 e.